The van der Waals surface area contributed by atoms with Crippen molar-refractivity contribution < 1.29 is 9.32 Å². The van der Waals surface area contributed by atoms with Gasteiger partial charge in [-0.2, -0.15) is 0 Å². The van der Waals surface area contributed by atoms with Crippen molar-refractivity contribution in [3.05, 3.63) is 48.2 Å². The van der Waals surface area contributed by atoms with Crippen molar-refractivity contribution in [2.24, 2.45) is 5.73 Å². The fourth-order valence-electron chi connectivity index (χ4n) is 1.35. The number of thiocarbonyl (C=S) groups is 1. The topological polar surface area (TPSA) is 72.4 Å². The highest BCUT2D eigenvalue weighted by molar-refractivity contribution is 7.80. The lowest BCUT2D eigenvalue weighted by molar-refractivity contribution is 0.100. The number of nitrogens with two attached hydrogens (primary N) is 1. The summed E-state index contributed by atoms with van der Waals surface area (Å²) in [5.74, 6) is -0.0710. The molecule has 0 aliphatic carbocycles. The average Bonchev–Trinajstić information content (AvgIpc) is 2.83. The van der Waals surface area contributed by atoms with E-state index in [1.807, 2.05) is 6.07 Å². The van der Waals surface area contributed by atoms with Gasteiger partial charge in [0.15, 0.2) is 10.9 Å². The summed E-state index contributed by atoms with van der Waals surface area (Å²) >= 11 is 4.84. The molecule has 2 N–H and O–H groups in total. The van der Waals surface area contributed by atoms with Crippen LogP contribution >= 0.6 is 12.2 Å². The summed E-state index contributed by atoms with van der Waals surface area (Å²) in [5.41, 5.74) is 6.00. The summed E-state index contributed by atoms with van der Waals surface area (Å²) in [6.07, 6.45) is 1.35. The standard InChI is InChI=1S/C11H9N3O2S/c12-11(17)14(9-6-7-16-13-9)10(15)8-4-2-1-3-5-8/h1-7H,(H2,12,17). The van der Waals surface area contributed by atoms with E-state index in [-0.39, 0.29) is 16.8 Å². The second-order valence-corrected chi connectivity index (χ2v) is 3.62. The van der Waals surface area contributed by atoms with Gasteiger partial charge in [-0.25, -0.2) is 4.90 Å². The van der Waals surface area contributed by atoms with Crippen LogP contribution in [0.25, 0.3) is 0 Å². The predicted octanol–water partition coefficient (Wildman–Crippen LogP) is 1.57. The molecule has 1 heterocycles. The molecular weight excluding hydrogens is 238 g/mol. The average molecular weight is 247 g/mol. The number of amides is 1. The highest BCUT2D eigenvalue weighted by atomic mass is 32.1. The summed E-state index contributed by atoms with van der Waals surface area (Å²) in [6.45, 7) is 0. The van der Waals surface area contributed by atoms with Gasteiger partial charge in [-0.05, 0) is 24.4 Å². The molecule has 1 aromatic heterocycles. The van der Waals surface area contributed by atoms with Crippen LogP contribution in [0.2, 0.25) is 0 Å². The molecular formula is C11H9N3O2S. The molecule has 0 atom stereocenters. The molecule has 1 aromatic carbocycles. The van der Waals surface area contributed by atoms with Crippen LogP contribution in [0.3, 0.4) is 0 Å². The van der Waals surface area contributed by atoms with E-state index >= 15 is 0 Å². The van der Waals surface area contributed by atoms with E-state index in [0.717, 1.165) is 4.90 Å². The third-order valence-electron chi connectivity index (χ3n) is 2.10. The Hall–Kier alpha value is -2.21. The van der Waals surface area contributed by atoms with Crippen molar-refractivity contribution in [1.29, 1.82) is 0 Å². The Labute approximate surface area is 103 Å². The molecule has 0 bridgehead atoms. The fourth-order valence-corrected chi connectivity index (χ4v) is 1.52. The van der Waals surface area contributed by atoms with Gasteiger partial charge in [-0.15, -0.1) is 0 Å². The molecule has 0 saturated heterocycles. The summed E-state index contributed by atoms with van der Waals surface area (Å²) in [5, 5.41) is 3.57. The normalized spacial score (nSPS) is 9.88. The fraction of sp³-hybridized carbons (Fsp3) is 0. The third kappa shape index (κ3) is 2.31. The number of nitrogens with zero attached hydrogens (tertiary/aromatic N) is 2. The Morgan fingerprint density at radius 2 is 2.00 bits per heavy atom. The number of anilines is 1. The van der Waals surface area contributed by atoms with Crippen LogP contribution < -0.4 is 10.6 Å². The molecule has 2 aromatic rings. The summed E-state index contributed by atoms with van der Waals surface area (Å²) in [4.78, 5) is 13.3. The number of carbonyl (C=O) groups excluding carboxylic acids is 1. The number of hydrogen-bond donors (Lipinski definition) is 1. The summed E-state index contributed by atoms with van der Waals surface area (Å²) in [7, 11) is 0. The van der Waals surface area contributed by atoms with Crippen molar-refractivity contribution in [3.8, 4) is 0 Å². The Balaban J connectivity index is 2.36. The van der Waals surface area contributed by atoms with Crippen molar-refractivity contribution in [1.82, 2.24) is 5.16 Å². The monoisotopic (exact) mass is 247 g/mol. The number of rotatable bonds is 2. The van der Waals surface area contributed by atoms with Gasteiger partial charge in [0, 0.05) is 11.6 Å². The second kappa shape index (κ2) is 4.75. The molecule has 0 radical (unpaired) electrons. The first-order chi connectivity index (χ1) is 8.20. The minimum atomic E-state index is -0.341. The minimum absolute atomic E-state index is 0.0762. The lowest BCUT2D eigenvalue weighted by atomic mass is 10.2. The van der Waals surface area contributed by atoms with Crippen LogP contribution in [-0.4, -0.2) is 16.2 Å². The maximum Gasteiger partial charge on any atom is 0.265 e. The summed E-state index contributed by atoms with van der Waals surface area (Å²) in [6, 6.07) is 10.2. The quantitative estimate of drug-likeness (QED) is 0.815. The Morgan fingerprint density at radius 1 is 1.29 bits per heavy atom. The molecule has 0 saturated carbocycles. The Kier molecular flexibility index (Phi) is 3.15. The van der Waals surface area contributed by atoms with Gasteiger partial charge < -0.3 is 10.3 Å². The molecule has 0 spiro atoms. The molecule has 0 aliphatic rings. The highest BCUT2D eigenvalue weighted by Crippen LogP contribution is 2.14. The first kappa shape index (κ1) is 11.3. The number of hydrogen-bond acceptors (Lipinski definition) is 4. The van der Waals surface area contributed by atoms with E-state index in [1.54, 1.807) is 24.3 Å². The van der Waals surface area contributed by atoms with E-state index in [2.05, 4.69) is 9.68 Å². The predicted molar refractivity (Wildman–Crippen MR) is 66.5 cm³/mol. The maximum atomic E-state index is 12.2. The van der Waals surface area contributed by atoms with Gasteiger partial charge in [-0.1, -0.05) is 23.4 Å². The minimum Gasteiger partial charge on any atom is -0.375 e. The SMILES string of the molecule is NC(=S)N(C(=O)c1ccccc1)c1ccon1. The van der Waals surface area contributed by atoms with Crippen molar-refractivity contribution in [2.75, 3.05) is 4.90 Å². The first-order valence-corrected chi connectivity index (χ1v) is 5.20. The smallest absolute Gasteiger partial charge is 0.265 e. The highest BCUT2D eigenvalue weighted by Gasteiger charge is 2.22. The number of carbonyl (C=O) groups is 1. The zero-order valence-electron chi connectivity index (χ0n) is 8.74. The molecule has 1 amide bonds. The summed E-state index contributed by atoms with van der Waals surface area (Å²) < 4.78 is 4.67. The van der Waals surface area contributed by atoms with Gasteiger partial charge in [0.1, 0.15) is 6.26 Å². The van der Waals surface area contributed by atoms with E-state index in [0.29, 0.717) is 5.56 Å². The van der Waals surface area contributed by atoms with Crippen molar-refractivity contribution >= 4 is 29.1 Å². The van der Waals surface area contributed by atoms with Crippen LogP contribution in [0.5, 0.6) is 0 Å². The first-order valence-electron chi connectivity index (χ1n) is 4.79. The van der Waals surface area contributed by atoms with Gasteiger partial charge in [-0.3, -0.25) is 4.79 Å². The second-order valence-electron chi connectivity index (χ2n) is 3.20. The molecule has 0 aliphatic heterocycles. The van der Waals surface area contributed by atoms with Crippen LogP contribution in [0.15, 0.2) is 47.2 Å². The van der Waals surface area contributed by atoms with E-state index in [4.69, 9.17) is 18.0 Å². The molecule has 0 unspecified atom stereocenters. The molecule has 2 rings (SSSR count). The molecule has 5 nitrogen and oxygen atoms in total. The molecule has 0 fully saturated rings. The molecule has 17 heavy (non-hydrogen) atoms. The van der Waals surface area contributed by atoms with Crippen LogP contribution in [0.1, 0.15) is 10.4 Å². The third-order valence-corrected chi connectivity index (χ3v) is 2.28. The van der Waals surface area contributed by atoms with Gasteiger partial charge in [0.05, 0.1) is 0 Å². The maximum absolute atomic E-state index is 12.2. The zero-order chi connectivity index (χ0) is 12.3. The van der Waals surface area contributed by atoms with Gasteiger partial charge in [0.25, 0.3) is 5.91 Å². The number of benzene rings is 1. The van der Waals surface area contributed by atoms with Gasteiger partial charge in [0.2, 0.25) is 0 Å². The largest absolute Gasteiger partial charge is 0.375 e. The van der Waals surface area contributed by atoms with E-state index in [1.165, 1.54) is 12.3 Å². The van der Waals surface area contributed by atoms with Crippen LogP contribution in [-0.2, 0) is 0 Å². The molecule has 86 valence electrons. The van der Waals surface area contributed by atoms with E-state index in [9.17, 15) is 4.79 Å². The van der Waals surface area contributed by atoms with Crippen molar-refractivity contribution in [2.45, 2.75) is 0 Å². The van der Waals surface area contributed by atoms with Crippen LogP contribution in [0.4, 0.5) is 5.82 Å². The molecule has 6 heteroatoms. The lowest BCUT2D eigenvalue weighted by Gasteiger charge is -2.17. The van der Waals surface area contributed by atoms with Gasteiger partial charge >= 0.3 is 0 Å². The van der Waals surface area contributed by atoms with Crippen molar-refractivity contribution in [3.63, 3.8) is 0 Å². The van der Waals surface area contributed by atoms with Crippen LogP contribution in [0, 0.1) is 0 Å². The Bertz CT molecular complexity index is 525. The van der Waals surface area contributed by atoms with E-state index < -0.39 is 0 Å². The zero-order valence-corrected chi connectivity index (χ0v) is 9.55. The Morgan fingerprint density at radius 3 is 2.53 bits per heavy atom. The number of aromatic nitrogens is 1. The lowest BCUT2D eigenvalue weighted by Crippen LogP contribution is -2.40.